The van der Waals surface area contributed by atoms with Crippen LogP contribution < -0.4 is 5.32 Å². The van der Waals surface area contributed by atoms with Gasteiger partial charge in [-0.15, -0.1) is 5.10 Å². The molecule has 1 N–H and O–H groups in total. The molecule has 0 aromatic carbocycles. The number of aryl methyl sites for hydroxylation is 1. The quantitative estimate of drug-likeness (QED) is 0.723. The van der Waals surface area contributed by atoms with Crippen LogP contribution in [0.2, 0.25) is 0 Å². The van der Waals surface area contributed by atoms with Gasteiger partial charge in [-0.2, -0.15) is 0 Å². The van der Waals surface area contributed by atoms with Crippen molar-refractivity contribution in [1.82, 2.24) is 20.3 Å². The predicted octanol–water partition coefficient (Wildman–Crippen LogP) is 0.891. The van der Waals surface area contributed by atoms with Crippen LogP contribution in [0, 0.1) is 0 Å². The lowest BCUT2D eigenvalue weighted by molar-refractivity contribution is 0.0576. The van der Waals surface area contributed by atoms with E-state index in [1.54, 1.807) is 11.8 Å². The van der Waals surface area contributed by atoms with Crippen molar-refractivity contribution in [2.24, 2.45) is 7.05 Å². The number of rotatable bonds is 8. The number of nitrogens with one attached hydrogen (secondary N) is 1. The van der Waals surface area contributed by atoms with Crippen molar-refractivity contribution in [3.63, 3.8) is 0 Å². The topological polar surface area (TPSA) is 61.2 Å². The summed E-state index contributed by atoms with van der Waals surface area (Å²) in [7, 11) is 3.53. The van der Waals surface area contributed by atoms with Gasteiger partial charge < -0.3 is 14.8 Å². The number of likely N-dealkylation sites (N-methyl/N-ethyl adjacent to an activating group) is 1. The van der Waals surface area contributed by atoms with Gasteiger partial charge >= 0.3 is 0 Å². The molecule has 0 bridgehead atoms. The molecule has 0 saturated carbocycles. The molecule has 1 rings (SSSR count). The number of hydrogen-bond acceptors (Lipinski definition) is 5. The molecule has 1 aromatic heterocycles. The van der Waals surface area contributed by atoms with Crippen LogP contribution in [0.25, 0.3) is 0 Å². The molecule has 1 aromatic rings. The summed E-state index contributed by atoms with van der Waals surface area (Å²) in [6.45, 7) is 4.66. The second-order valence-electron chi connectivity index (χ2n) is 3.57. The van der Waals surface area contributed by atoms with E-state index < -0.39 is 0 Å². The summed E-state index contributed by atoms with van der Waals surface area (Å²) in [6, 6.07) is 0.0752. The van der Waals surface area contributed by atoms with Crippen LogP contribution in [0.3, 0.4) is 0 Å². The van der Waals surface area contributed by atoms with Crippen LogP contribution in [0.4, 0.5) is 0 Å². The molecule has 0 saturated heterocycles. The van der Waals surface area contributed by atoms with Crippen LogP contribution in [-0.2, 0) is 16.5 Å². The minimum atomic E-state index is 0.0752. The average Bonchev–Trinajstić information content (AvgIpc) is 2.63. The molecule has 17 heavy (non-hydrogen) atoms. The molecule has 98 valence electrons. The Balaban J connectivity index is 2.59. The summed E-state index contributed by atoms with van der Waals surface area (Å²) in [6.07, 6.45) is 0. The Morgan fingerprint density at radius 2 is 2.24 bits per heavy atom. The Kier molecular flexibility index (Phi) is 6.64. The van der Waals surface area contributed by atoms with Gasteiger partial charge in [0.05, 0.1) is 31.6 Å². The Morgan fingerprint density at radius 1 is 1.47 bits per heavy atom. The van der Waals surface area contributed by atoms with Gasteiger partial charge in [0.15, 0.2) is 4.60 Å². The lowest BCUT2D eigenvalue weighted by Crippen LogP contribution is -2.28. The lowest BCUT2D eigenvalue weighted by Gasteiger charge is -2.18. The molecule has 7 heteroatoms. The molecule has 1 atom stereocenters. The molecule has 0 aliphatic carbocycles. The Bertz CT molecular complexity index is 313. The predicted molar refractivity (Wildman–Crippen MR) is 67.8 cm³/mol. The SMILES string of the molecule is CCNC(COCCOC)c1c(Br)nnn1C. The first-order valence-corrected chi connectivity index (χ1v) is 6.35. The fraction of sp³-hybridized carbons (Fsp3) is 0.800. The van der Waals surface area contributed by atoms with Gasteiger partial charge in [0.2, 0.25) is 0 Å². The van der Waals surface area contributed by atoms with E-state index in [2.05, 4.69) is 38.5 Å². The van der Waals surface area contributed by atoms with Crippen molar-refractivity contribution < 1.29 is 9.47 Å². The number of aromatic nitrogens is 3. The highest BCUT2D eigenvalue weighted by Gasteiger charge is 2.19. The average molecular weight is 307 g/mol. The van der Waals surface area contributed by atoms with Crippen molar-refractivity contribution in [1.29, 1.82) is 0 Å². The lowest BCUT2D eigenvalue weighted by atomic mass is 10.2. The van der Waals surface area contributed by atoms with Gasteiger partial charge in [-0.05, 0) is 22.5 Å². The molecule has 1 heterocycles. The van der Waals surface area contributed by atoms with Crippen LogP contribution in [0.1, 0.15) is 18.7 Å². The summed E-state index contributed by atoms with van der Waals surface area (Å²) in [4.78, 5) is 0. The third kappa shape index (κ3) is 4.34. The number of nitrogens with zero attached hydrogens (tertiary/aromatic N) is 3. The highest BCUT2D eigenvalue weighted by Crippen LogP contribution is 2.20. The second kappa shape index (κ2) is 7.75. The number of hydrogen-bond donors (Lipinski definition) is 1. The first kappa shape index (κ1) is 14.6. The summed E-state index contributed by atoms with van der Waals surface area (Å²) < 4.78 is 13.0. The van der Waals surface area contributed by atoms with E-state index in [1.165, 1.54) is 0 Å². The molecule has 0 aliphatic rings. The number of halogens is 1. The Hall–Kier alpha value is -0.500. The van der Waals surface area contributed by atoms with E-state index in [0.717, 1.165) is 16.8 Å². The third-order valence-corrected chi connectivity index (χ3v) is 2.89. The largest absolute Gasteiger partial charge is 0.382 e. The highest BCUT2D eigenvalue weighted by molar-refractivity contribution is 9.10. The summed E-state index contributed by atoms with van der Waals surface area (Å²) in [5.74, 6) is 0. The Labute approximate surface area is 110 Å². The number of ether oxygens (including phenoxy) is 2. The van der Waals surface area contributed by atoms with E-state index in [-0.39, 0.29) is 6.04 Å². The Morgan fingerprint density at radius 3 is 2.76 bits per heavy atom. The zero-order valence-electron chi connectivity index (χ0n) is 10.4. The van der Waals surface area contributed by atoms with E-state index in [4.69, 9.17) is 9.47 Å². The summed E-state index contributed by atoms with van der Waals surface area (Å²) in [5.41, 5.74) is 0.990. The van der Waals surface area contributed by atoms with E-state index in [0.29, 0.717) is 19.8 Å². The van der Waals surface area contributed by atoms with E-state index >= 15 is 0 Å². The minimum absolute atomic E-state index is 0.0752. The summed E-state index contributed by atoms with van der Waals surface area (Å²) in [5, 5.41) is 11.3. The smallest absolute Gasteiger partial charge is 0.153 e. The fourth-order valence-electron chi connectivity index (χ4n) is 1.53. The van der Waals surface area contributed by atoms with Gasteiger partial charge in [0.25, 0.3) is 0 Å². The third-order valence-electron chi connectivity index (χ3n) is 2.32. The monoisotopic (exact) mass is 306 g/mol. The van der Waals surface area contributed by atoms with Crippen molar-refractivity contribution in [3.8, 4) is 0 Å². The van der Waals surface area contributed by atoms with Crippen LogP contribution in [0.5, 0.6) is 0 Å². The highest BCUT2D eigenvalue weighted by atomic mass is 79.9. The van der Waals surface area contributed by atoms with Gasteiger partial charge in [0.1, 0.15) is 0 Å². The van der Waals surface area contributed by atoms with Gasteiger partial charge in [0, 0.05) is 14.2 Å². The van der Waals surface area contributed by atoms with Gasteiger partial charge in [-0.1, -0.05) is 12.1 Å². The standard InChI is InChI=1S/C10H19BrN4O2/c1-4-12-8(7-17-6-5-16-3)9-10(11)13-14-15(9)2/h8,12H,4-7H2,1-3H3. The molecule has 0 spiro atoms. The van der Waals surface area contributed by atoms with Crippen molar-refractivity contribution in [2.75, 3.05) is 33.5 Å². The maximum absolute atomic E-state index is 5.55. The van der Waals surface area contributed by atoms with Crippen molar-refractivity contribution in [3.05, 3.63) is 10.3 Å². The van der Waals surface area contributed by atoms with Gasteiger partial charge in [-0.3, -0.25) is 0 Å². The van der Waals surface area contributed by atoms with Crippen LogP contribution in [0.15, 0.2) is 4.60 Å². The molecule has 0 fully saturated rings. The first-order valence-electron chi connectivity index (χ1n) is 5.55. The van der Waals surface area contributed by atoms with Crippen LogP contribution in [-0.4, -0.2) is 48.5 Å². The zero-order chi connectivity index (χ0) is 12.7. The molecule has 1 unspecified atom stereocenters. The maximum Gasteiger partial charge on any atom is 0.153 e. The fourth-order valence-corrected chi connectivity index (χ4v) is 2.14. The van der Waals surface area contributed by atoms with Crippen molar-refractivity contribution in [2.45, 2.75) is 13.0 Å². The van der Waals surface area contributed by atoms with E-state index in [9.17, 15) is 0 Å². The summed E-state index contributed by atoms with van der Waals surface area (Å²) >= 11 is 3.40. The van der Waals surface area contributed by atoms with Gasteiger partial charge in [-0.25, -0.2) is 4.68 Å². The first-order chi connectivity index (χ1) is 8.20. The minimum Gasteiger partial charge on any atom is -0.382 e. The van der Waals surface area contributed by atoms with Crippen molar-refractivity contribution >= 4 is 15.9 Å². The molecule has 0 aliphatic heterocycles. The molecule has 0 radical (unpaired) electrons. The van der Waals surface area contributed by atoms with E-state index in [1.807, 2.05) is 7.05 Å². The normalized spacial score (nSPS) is 12.9. The molecular formula is C10H19BrN4O2. The zero-order valence-corrected chi connectivity index (χ0v) is 12.0. The van der Waals surface area contributed by atoms with Crippen LogP contribution >= 0.6 is 15.9 Å². The maximum atomic E-state index is 5.55. The second-order valence-corrected chi connectivity index (χ2v) is 4.32. The molecular weight excluding hydrogens is 288 g/mol. The molecule has 0 amide bonds. The number of methoxy groups -OCH3 is 1. The molecule has 6 nitrogen and oxygen atoms in total.